The molecule has 0 atom stereocenters. The predicted octanol–water partition coefficient (Wildman–Crippen LogP) is 0.478. The number of carbonyl (C=O) groups is 1. The van der Waals surface area contributed by atoms with Crippen molar-refractivity contribution in [3.8, 4) is 5.88 Å². The van der Waals surface area contributed by atoms with Crippen LogP contribution in [0.1, 0.15) is 0 Å². The number of hydrogen-bond donors (Lipinski definition) is 1. The number of pyridine rings is 1. The van der Waals surface area contributed by atoms with Gasteiger partial charge in [-0.25, -0.2) is 0 Å². The molecule has 0 aliphatic carbocycles. The summed E-state index contributed by atoms with van der Waals surface area (Å²) in [5.74, 6) is 1.27. The van der Waals surface area contributed by atoms with Crippen molar-refractivity contribution in [1.82, 2.24) is 4.98 Å². The predicted molar refractivity (Wildman–Crippen MR) is 52.7 cm³/mol. The summed E-state index contributed by atoms with van der Waals surface area (Å²) in [5.41, 5.74) is 0.726. The fourth-order valence-electron chi connectivity index (χ4n) is 1.41. The fraction of sp³-hybridized carbons (Fsp3) is 0.333. The molecule has 1 aromatic heterocycles. The van der Waals surface area contributed by atoms with Crippen molar-refractivity contribution >= 4 is 17.4 Å². The smallest absolute Gasteiger partial charge is 0.244 e. The van der Waals surface area contributed by atoms with Gasteiger partial charge in [0.2, 0.25) is 11.8 Å². The van der Waals surface area contributed by atoms with Crippen LogP contribution in [-0.2, 0) is 4.79 Å². The molecule has 1 aromatic rings. The van der Waals surface area contributed by atoms with Gasteiger partial charge in [0.15, 0.2) is 5.82 Å². The Bertz CT molecular complexity index is 378. The minimum absolute atomic E-state index is 0.0213. The molecule has 1 amide bonds. The average molecular weight is 193 g/mol. The van der Waals surface area contributed by atoms with Crippen molar-refractivity contribution in [3.05, 3.63) is 12.1 Å². The number of aromatic nitrogens is 1. The molecule has 0 bridgehead atoms. The van der Waals surface area contributed by atoms with Gasteiger partial charge in [-0.2, -0.15) is 4.98 Å². The molecule has 0 saturated heterocycles. The van der Waals surface area contributed by atoms with Gasteiger partial charge in [0.25, 0.3) is 0 Å². The number of fused-ring (bicyclic) bond motifs is 1. The zero-order valence-electron chi connectivity index (χ0n) is 8.07. The molecule has 14 heavy (non-hydrogen) atoms. The minimum Gasteiger partial charge on any atom is -0.481 e. The monoisotopic (exact) mass is 193 g/mol. The molecular weight excluding hydrogens is 182 g/mol. The van der Waals surface area contributed by atoms with Crippen LogP contribution in [-0.4, -0.2) is 31.6 Å². The Morgan fingerprint density at radius 2 is 2.36 bits per heavy atom. The van der Waals surface area contributed by atoms with E-state index in [-0.39, 0.29) is 5.91 Å². The molecule has 0 aromatic carbocycles. The van der Waals surface area contributed by atoms with Crippen molar-refractivity contribution in [2.75, 3.05) is 30.9 Å². The van der Waals surface area contributed by atoms with Gasteiger partial charge >= 0.3 is 0 Å². The largest absolute Gasteiger partial charge is 0.481 e. The van der Waals surface area contributed by atoms with E-state index in [1.807, 2.05) is 7.05 Å². The first-order chi connectivity index (χ1) is 6.70. The maximum absolute atomic E-state index is 11.2. The maximum atomic E-state index is 11.2. The van der Waals surface area contributed by atoms with E-state index < -0.39 is 0 Å². The Labute approximate surface area is 81.7 Å². The van der Waals surface area contributed by atoms with Gasteiger partial charge in [0.05, 0.1) is 19.3 Å². The first-order valence-corrected chi connectivity index (χ1v) is 4.26. The summed E-state index contributed by atoms with van der Waals surface area (Å²) in [6, 6.07) is 3.51. The number of ether oxygens (including phenoxy) is 1. The second-order valence-electron chi connectivity index (χ2n) is 3.13. The van der Waals surface area contributed by atoms with Crippen LogP contribution >= 0.6 is 0 Å². The van der Waals surface area contributed by atoms with E-state index in [9.17, 15) is 4.79 Å². The highest BCUT2D eigenvalue weighted by Crippen LogP contribution is 2.28. The lowest BCUT2D eigenvalue weighted by Crippen LogP contribution is -2.36. The summed E-state index contributed by atoms with van der Waals surface area (Å²) in [4.78, 5) is 17.2. The van der Waals surface area contributed by atoms with Crippen LogP contribution in [0.15, 0.2) is 12.1 Å². The lowest BCUT2D eigenvalue weighted by atomic mass is 10.3. The molecule has 0 spiro atoms. The first kappa shape index (κ1) is 8.80. The summed E-state index contributed by atoms with van der Waals surface area (Å²) < 4.78 is 5.00. The zero-order valence-corrected chi connectivity index (χ0v) is 8.07. The lowest BCUT2D eigenvalue weighted by Gasteiger charge is -2.25. The van der Waals surface area contributed by atoms with Crippen LogP contribution in [0.3, 0.4) is 0 Å². The summed E-state index contributed by atoms with van der Waals surface area (Å²) in [6.45, 7) is 0.327. The van der Waals surface area contributed by atoms with Gasteiger partial charge in [-0.3, -0.25) is 4.79 Å². The molecule has 1 N–H and O–H groups in total. The van der Waals surface area contributed by atoms with E-state index in [2.05, 4.69) is 10.3 Å². The fourth-order valence-corrected chi connectivity index (χ4v) is 1.41. The van der Waals surface area contributed by atoms with Gasteiger partial charge in [0, 0.05) is 13.1 Å². The van der Waals surface area contributed by atoms with Gasteiger partial charge in [-0.05, 0) is 6.07 Å². The molecular formula is C9H11N3O2. The third-order valence-electron chi connectivity index (χ3n) is 2.08. The molecule has 5 nitrogen and oxygen atoms in total. The molecule has 0 fully saturated rings. The zero-order chi connectivity index (χ0) is 10.1. The summed E-state index contributed by atoms with van der Waals surface area (Å²) in [7, 11) is 3.39. The SMILES string of the molecule is COc1ccc2c(n1)N(C)CC(=O)N2. The molecule has 74 valence electrons. The normalized spacial score (nSPS) is 14.7. The van der Waals surface area contributed by atoms with E-state index >= 15 is 0 Å². The molecule has 0 unspecified atom stereocenters. The van der Waals surface area contributed by atoms with Crippen molar-refractivity contribution in [2.45, 2.75) is 0 Å². The Hall–Kier alpha value is -1.78. The number of hydrogen-bond acceptors (Lipinski definition) is 4. The molecule has 5 heteroatoms. The van der Waals surface area contributed by atoms with Crippen molar-refractivity contribution in [3.63, 3.8) is 0 Å². The van der Waals surface area contributed by atoms with Gasteiger partial charge in [-0.1, -0.05) is 0 Å². The van der Waals surface area contributed by atoms with E-state index in [0.717, 1.165) is 11.5 Å². The quantitative estimate of drug-likeness (QED) is 0.704. The third-order valence-corrected chi connectivity index (χ3v) is 2.08. The number of methoxy groups -OCH3 is 1. The standard InChI is InChI=1S/C9H11N3O2/c1-12-5-7(13)10-6-3-4-8(14-2)11-9(6)12/h3-4H,5H2,1-2H3,(H,10,13). The molecule has 1 aliphatic heterocycles. The first-order valence-electron chi connectivity index (χ1n) is 4.26. The highest BCUT2D eigenvalue weighted by atomic mass is 16.5. The molecule has 0 radical (unpaired) electrons. The topological polar surface area (TPSA) is 54.5 Å². The Balaban J connectivity index is 2.44. The average Bonchev–Trinajstić information content (AvgIpc) is 2.17. The minimum atomic E-state index is -0.0213. The van der Waals surface area contributed by atoms with Crippen molar-refractivity contribution < 1.29 is 9.53 Å². The van der Waals surface area contributed by atoms with Crippen LogP contribution in [0.5, 0.6) is 5.88 Å². The summed E-state index contributed by atoms with van der Waals surface area (Å²) in [6.07, 6.45) is 0. The Morgan fingerprint density at radius 1 is 1.57 bits per heavy atom. The van der Waals surface area contributed by atoms with E-state index in [4.69, 9.17) is 4.74 Å². The number of amides is 1. The highest BCUT2D eigenvalue weighted by molar-refractivity contribution is 6.00. The number of nitrogens with one attached hydrogen (secondary N) is 1. The van der Waals surface area contributed by atoms with Crippen LogP contribution in [0.25, 0.3) is 0 Å². The second kappa shape index (κ2) is 3.17. The Kier molecular flexibility index (Phi) is 1.99. The summed E-state index contributed by atoms with van der Waals surface area (Å²) in [5, 5.41) is 2.74. The van der Waals surface area contributed by atoms with Gasteiger partial charge in [0.1, 0.15) is 0 Å². The highest BCUT2D eigenvalue weighted by Gasteiger charge is 2.20. The molecule has 1 aliphatic rings. The number of nitrogens with zero attached hydrogens (tertiary/aromatic N) is 2. The van der Waals surface area contributed by atoms with E-state index in [0.29, 0.717) is 12.4 Å². The molecule has 0 saturated carbocycles. The number of carbonyl (C=O) groups excluding carboxylic acids is 1. The Morgan fingerprint density at radius 3 is 3.07 bits per heavy atom. The number of anilines is 2. The van der Waals surface area contributed by atoms with E-state index in [1.165, 1.54) is 0 Å². The molecule has 2 heterocycles. The third kappa shape index (κ3) is 1.37. The second-order valence-corrected chi connectivity index (χ2v) is 3.13. The number of likely N-dealkylation sites (N-methyl/N-ethyl adjacent to an activating group) is 1. The van der Waals surface area contributed by atoms with Crippen LogP contribution < -0.4 is 15.0 Å². The molecule has 2 rings (SSSR count). The van der Waals surface area contributed by atoms with E-state index in [1.54, 1.807) is 24.1 Å². The number of rotatable bonds is 1. The maximum Gasteiger partial charge on any atom is 0.244 e. The van der Waals surface area contributed by atoms with Crippen LogP contribution in [0.2, 0.25) is 0 Å². The van der Waals surface area contributed by atoms with Gasteiger partial charge < -0.3 is 15.0 Å². The van der Waals surface area contributed by atoms with Gasteiger partial charge in [-0.15, -0.1) is 0 Å². The summed E-state index contributed by atoms with van der Waals surface area (Å²) >= 11 is 0. The van der Waals surface area contributed by atoms with Crippen LogP contribution in [0, 0.1) is 0 Å². The lowest BCUT2D eigenvalue weighted by molar-refractivity contribution is -0.115. The van der Waals surface area contributed by atoms with Crippen molar-refractivity contribution in [1.29, 1.82) is 0 Å². The van der Waals surface area contributed by atoms with Crippen molar-refractivity contribution in [2.24, 2.45) is 0 Å². The van der Waals surface area contributed by atoms with Crippen LogP contribution in [0.4, 0.5) is 11.5 Å².